The number of benzene rings is 1. The van der Waals surface area contributed by atoms with Crippen molar-refractivity contribution in [2.24, 2.45) is 0 Å². The Hall–Kier alpha value is -2.30. The predicted molar refractivity (Wildman–Crippen MR) is 79.8 cm³/mol. The molecule has 0 atom stereocenters. The van der Waals surface area contributed by atoms with Gasteiger partial charge in [0.05, 0.1) is 12.8 Å². The zero-order chi connectivity index (χ0) is 13.8. The second kappa shape index (κ2) is 5.77. The first-order valence-electron chi connectivity index (χ1n) is 6.84. The molecule has 20 heavy (non-hydrogen) atoms. The lowest BCUT2D eigenvalue weighted by Crippen LogP contribution is -2.19. The lowest BCUT2D eigenvalue weighted by molar-refractivity contribution is 0.417. The lowest BCUT2D eigenvalue weighted by atomic mass is 10.3. The van der Waals surface area contributed by atoms with Crippen molar-refractivity contribution < 1.29 is 4.74 Å². The molecule has 1 aliphatic rings. The van der Waals surface area contributed by atoms with Crippen LogP contribution in [0.15, 0.2) is 36.7 Å². The van der Waals surface area contributed by atoms with Crippen LogP contribution in [0.2, 0.25) is 0 Å². The van der Waals surface area contributed by atoms with E-state index in [-0.39, 0.29) is 0 Å². The molecule has 1 saturated heterocycles. The van der Waals surface area contributed by atoms with Gasteiger partial charge in [-0.05, 0) is 25.0 Å². The zero-order valence-corrected chi connectivity index (χ0v) is 11.5. The Morgan fingerprint density at radius 2 is 1.95 bits per heavy atom. The van der Waals surface area contributed by atoms with Gasteiger partial charge >= 0.3 is 0 Å². The number of anilines is 3. The van der Waals surface area contributed by atoms with Crippen LogP contribution >= 0.6 is 0 Å². The van der Waals surface area contributed by atoms with Gasteiger partial charge in [-0.2, -0.15) is 0 Å². The molecule has 1 aromatic carbocycles. The first kappa shape index (κ1) is 12.7. The highest BCUT2D eigenvalue weighted by Crippen LogP contribution is 2.27. The summed E-state index contributed by atoms with van der Waals surface area (Å²) in [4.78, 5) is 10.9. The number of rotatable bonds is 4. The van der Waals surface area contributed by atoms with Gasteiger partial charge in [-0.25, -0.2) is 9.97 Å². The third kappa shape index (κ3) is 2.66. The molecule has 5 heteroatoms. The molecule has 1 fully saturated rings. The van der Waals surface area contributed by atoms with Crippen molar-refractivity contribution in [2.75, 3.05) is 30.4 Å². The summed E-state index contributed by atoms with van der Waals surface area (Å²) in [5.41, 5.74) is 0.904. The van der Waals surface area contributed by atoms with E-state index in [4.69, 9.17) is 4.74 Å². The van der Waals surface area contributed by atoms with Gasteiger partial charge < -0.3 is 15.0 Å². The number of hydrogen-bond donors (Lipinski definition) is 1. The van der Waals surface area contributed by atoms with Gasteiger partial charge in [-0.1, -0.05) is 12.1 Å². The molecule has 0 spiro atoms. The smallest absolute Gasteiger partial charge is 0.142 e. The molecule has 0 saturated carbocycles. The summed E-state index contributed by atoms with van der Waals surface area (Å²) >= 11 is 0. The molecule has 1 N–H and O–H groups in total. The molecular formula is C15H18N4O. The molecule has 5 nitrogen and oxygen atoms in total. The molecule has 0 bridgehead atoms. The normalized spacial score (nSPS) is 14.3. The van der Waals surface area contributed by atoms with Crippen LogP contribution in [0.1, 0.15) is 12.8 Å². The van der Waals surface area contributed by atoms with Crippen molar-refractivity contribution in [2.45, 2.75) is 12.8 Å². The summed E-state index contributed by atoms with van der Waals surface area (Å²) < 4.78 is 5.33. The van der Waals surface area contributed by atoms with Crippen LogP contribution in [0.5, 0.6) is 5.75 Å². The van der Waals surface area contributed by atoms with Crippen LogP contribution < -0.4 is 15.0 Å². The molecule has 1 aromatic heterocycles. The van der Waals surface area contributed by atoms with E-state index in [2.05, 4.69) is 20.2 Å². The third-order valence-corrected chi connectivity index (χ3v) is 3.45. The van der Waals surface area contributed by atoms with Crippen LogP contribution in [-0.4, -0.2) is 30.2 Å². The van der Waals surface area contributed by atoms with Crippen LogP contribution in [0.25, 0.3) is 0 Å². The maximum Gasteiger partial charge on any atom is 0.142 e. The van der Waals surface area contributed by atoms with Crippen molar-refractivity contribution in [3.8, 4) is 5.75 Å². The maximum atomic E-state index is 5.33. The Morgan fingerprint density at radius 1 is 1.15 bits per heavy atom. The lowest BCUT2D eigenvalue weighted by Gasteiger charge is -2.17. The number of ether oxygens (including phenoxy) is 1. The van der Waals surface area contributed by atoms with E-state index in [1.807, 2.05) is 30.3 Å². The monoisotopic (exact) mass is 270 g/mol. The minimum atomic E-state index is 0.784. The van der Waals surface area contributed by atoms with Crippen LogP contribution in [-0.2, 0) is 0 Å². The molecule has 104 valence electrons. The topological polar surface area (TPSA) is 50.3 Å². The Morgan fingerprint density at radius 3 is 2.75 bits per heavy atom. The minimum absolute atomic E-state index is 0.784. The summed E-state index contributed by atoms with van der Waals surface area (Å²) in [5.74, 6) is 2.56. The summed E-state index contributed by atoms with van der Waals surface area (Å²) in [6.07, 6.45) is 4.07. The number of methoxy groups -OCH3 is 1. The van der Waals surface area contributed by atoms with Gasteiger partial charge in [0.25, 0.3) is 0 Å². The second-order valence-electron chi connectivity index (χ2n) is 4.78. The molecule has 0 unspecified atom stereocenters. The average molecular weight is 270 g/mol. The average Bonchev–Trinajstić information content (AvgIpc) is 3.02. The molecule has 0 amide bonds. The van der Waals surface area contributed by atoms with Crippen LogP contribution in [0.4, 0.5) is 17.3 Å². The highest BCUT2D eigenvalue weighted by atomic mass is 16.5. The van der Waals surface area contributed by atoms with Gasteiger partial charge in [0.1, 0.15) is 23.7 Å². The molecule has 1 aliphatic heterocycles. The van der Waals surface area contributed by atoms with Gasteiger partial charge in [-0.15, -0.1) is 0 Å². The Balaban J connectivity index is 1.82. The van der Waals surface area contributed by atoms with Crippen LogP contribution in [0.3, 0.4) is 0 Å². The highest BCUT2D eigenvalue weighted by Gasteiger charge is 2.14. The summed E-state index contributed by atoms with van der Waals surface area (Å²) in [6.45, 7) is 2.15. The summed E-state index contributed by atoms with van der Waals surface area (Å²) in [5, 5.41) is 3.28. The van der Waals surface area contributed by atoms with Crippen molar-refractivity contribution in [1.29, 1.82) is 0 Å². The van der Waals surface area contributed by atoms with Crippen molar-refractivity contribution in [3.63, 3.8) is 0 Å². The van der Waals surface area contributed by atoms with E-state index in [0.717, 1.165) is 36.2 Å². The molecule has 3 rings (SSSR count). The Bertz CT molecular complexity index is 582. The summed E-state index contributed by atoms with van der Waals surface area (Å²) in [6, 6.07) is 9.78. The number of para-hydroxylation sites is 2. The zero-order valence-electron chi connectivity index (χ0n) is 11.5. The molecule has 2 aromatic rings. The van der Waals surface area contributed by atoms with E-state index in [0.29, 0.717) is 0 Å². The number of aromatic nitrogens is 2. The van der Waals surface area contributed by atoms with E-state index in [1.165, 1.54) is 12.8 Å². The fraction of sp³-hybridized carbons (Fsp3) is 0.333. The SMILES string of the molecule is COc1ccccc1Nc1cc(N2CCCC2)ncn1. The molecular weight excluding hydrogens is 252 g/mol. The van der Waals surface area contributed by atoms with E-state index in [9.17, 15) is 0 Å². The minimum Gasteiger partial charge on any atom is -0.495 e. The quantitative estimate of drug-likeness (QED) is 0.925. The van der Waals surface area contributed by atoms with E-state index < -0.39 is 0 Å². The summed E-state index contributed by atoms with van der Waals surface area (Å²) in [7, 11) is 1.66. The largest absolute Gasteiger partial charge is 0.495 e. The van der Waals surface area contributed by atoms with Crippen LogP contribution in [0, 0.1) is 0 Å². The Kier molecular flexibility index (Phi) is 3.67. The van der Waals surface area contributed by atoms with Crippen molar-refractivity contribution in [1.82, 2.24) is 9.97 Å². The third-order valence-electron chi connectivity index (χ3n) is 3.45. The van der Waals surface area contributed by atoms with Gasteiger partial charge in [0.15, 0.2) is 0 Å². The van der Waals surface area contributed by atoms with Crippen molar-refractivity contribution >= 4 is 17.3 Å². The Labute approximate surface area is 118 Å². The molecule has 0 aliphatic carbocycles. The molecule has 2 heterocycles. The molecule has 0 radical (unpaired) electrons. The van der Waals surface area contributed by atoms with Gasteiger partial charge in [-0.3, -0.25) is 0 Å². The highest BCUT2D eigenvalue weighted by molar-refractivity contribution is 5.65. The standard InChI is InChI=1S/C15H18N4O/c1-20-13-7-3-2-6-12(13)18-14-10-15(17-11-16-14)19-8-4-5-9-19/h2-3,6-7,10-11H,4-5,8-9H2,1H3,(H,16,17,18). The maximum absolute atomic E-state index is 5.33. The fourth-order valence-corrected chi connectivity index (χ4v) is 2.42. The van der Waals surface area contributed by atoms with E-state index >= 15 is 0 Å². The van der Waals surface area contributed by atoms with Gasteiger partial charge in [0.2, 0.25) is 0 Å². The van der Waals surface area contributed by atoms with E-state index in [1.54, 1.807) is 13.4 Å². The first-order valence-corrected chi connectivity index (χ1v) is 6.84. The number of hydrogen-bond acceptors (Lipinski definition) is 5. The van der Waals surface area contributed by atoms with Gasteiger partial charge in [0, 0.05) is 19.2 Å². The first-order chi connectivity index (χ1) is 9.86. The predicted octanol–water partition coefficient (Wildman–Crippen LogP) is 2.83. The van der Waals surface area contributed by atoms with Crippen molar-refractivity contribution in [3.05, 3.63) is 36.7 Å². The number of nitrogens with one attached hydrogen (secondary N) is 1. The fourth-order valence-electron chi connectivity index (χ4n) is 2.42. The number of nitrogens with zero attached hydrogens (tertiary/aromatic N) is 3. The second-order valence-corrected chi connectivity index (χ2v) is 4.78.